The van der Waals surface area contributed by atoms with Gasteiger partial charge in [-0.3, -0.25) is 4.90 Å². The van der Waals surface area contributed by atoms with Crippen molar-refractivity contribution in [1.29, 1.82) is 5.26 Å². The minimum atomic E-state index is 0.452. The van der Waals surface area contributed by atoms with Crippen molar-refractivity contribution in [2.24, 2.45) is 5.92 Å². The number of hydrogen-bond acceptors (Lipinski definition) is 3. The van der Waals surface area contributed by atoms with Crippen LogP contribution in [0.5, 0.6) is 0 Å². The van der Waals surface area contributed by atoms with Crippen LogP contribution in [0, 0.1) is 17.2 Å². The largest absolute Gasteiger partial charge is 0.304 e. The highest BCUT2D eigenvalue weighted by molar-refractivity contribution is 4.91. The lowest BCUT2D eigenvalue weighted by molar-refractivity contribution is 0.0985. The Bertz CT molecular complexity index is 291. The molecule has 0 amide bonds. The molecule has 0 spiro atoms. The number of hydrogen-bond donors (Lipinski definition) is 0. The maximum absolute atomic E-state index is 9.08. The van der Waals surface area contributed by atoms with Crippen molar-refractivity contribution >= 4 is 0 Å². The standard InChI is InChI=1S/C15H27N3/c1-13-10-17(2)12-15(8-9-16)18(11-13)14-6-4-3-5-7-14/h13-15H,3-8,10-12H2,1-2H3. The van der Waals surface area contributed by atoms with Crippen LogP contribution in [-0.2, 0) is 0 Å². The lowest BCUT2D eigenvalue weighted by Crippen LogP contribution is -2.47. The van der Waals surface area contributed by atoms with E-state index in [2.05, 4.69) is 29.8 Å². The van der Waals surface area contributed by atoms with Crippen molar-refractivity contribution in [2.75, 3.05) is 26.7 Å². The lowest BCUT2D eigenvalue weighted by Gasteiger charge is -2.39. The smallest absolute Gasteiger partial charge is 0.0638 e. The first-order valence-corrected chi connectivity index (χ1v) is 7.52. The predicted octanol–water partition coefficient (Wildman–Crippen LogP) is 2.48. The number of rotatable bonds is 2. The van der Waals surface area contributed by atoms with Gasteiger partial charge in [0.2, 0.25) is 0 Å². The zero-order chi connectivity index (χ0) is 13.0. The average Bonchev–Trinajstić information content (AvgIpc) is 2.49. The topological polar surface area (TPSA) is 30.3 Å². The van der Waals surface area contributed by atoms with Gasteiger partial charge in [0.25, 0.3) is 0 Å². The van der Waals surface area contributed by atoms with E-state index in [-0.39, 0.29) is 0 Å². The van der Waals surface area contributed by atoms with Crippen molar-refractivity contribution in [3.63, 3.8) is 0 Å². The summed E-state index contributed by atoms with van der Waals surface area (Å²) in [5.74, 6) is 0.723. The minimum Gasteiger partial charge on any atom is -0.304 e. The summed E-state index contributed by atoms with van der Waals surface area (Å²) in [6, 6.07) is 3.59. The van der Waals surface area contributed by atoms with Gasteiger partial charge in [0, 0.05) is 31.7 Å². The molecule has 0 aromatic carbocycles. The van der Waals surface area contributed by atoms with Crippen LogP contribution in [0.2, 0.25) is 0 Å². The Morgan fingerprint density at radius 1 is 1.11 bits per heavy atom. The second-order valence-corrected chi connectivity index (χ2v) is 6.33. The summed E-state index contributed by atoms with van der Waals surface area (Å²) >= 11 is 0. The highest BCUT2D eigenvalue weighted by Gasteiger charge is 2.32. The van der Waals surface area contributed by atoms with E-state index in [1.54, 1.807) is 0 Å². The molecule has 2 rings (SSSR count). The van der Waals surface area contributed by atoms with E-state index in [1.165, 1.54) is 45.2 Å². The third-order valence-corrected chi connectivity index (χ3v) is 4.51. The van der Waals surface area contributed by atoms with Gasteiger partial charge in [-0.05, 0) is 25.8 Å². The Kier molecular flexibility index (Phi) is 5.03. The Labute approximate surface area is 112 Å². The second-order valence-electron chi connectivity index (χ2n) is 6.33. The van der Waals surface area contributed by atoms with Crippen molar-refractivity contribution in [3.05, 3.63) is 0 Å². The Balaban J connectivity index is 2.08. The predicted molar refractivity (Wildman–Crippen MR) is 74.3 cm³/mol. The summed E-state index contributed by atoms with van der Waals surface area (Å²) in [5, 5.41) is 9.08. The normalized spacial score (nSPS) is 32.9. The molecule has 2 fully saturated rings. The van der Waals surface area contributed by atoms with Crippen molar-refractivity contribution in [1.82, 2.24) is 9.80 Å². The molecule has 1 aliphatic heterocycles. The summed E-state index contributed by atoms with van der Waals surface area (Å²) in [6.07, 6.45) is 7.54. The Morgan fingerprint density at radius 3 is 2.50 bits per heavy atom. The fraction of sp³-hybridized carbons (Fsp3) is 0.933. The minimum absolute atomic E-state index is 0.452. The molecule has 3 nitrogen and oxygen atoms in total. The van der Waals surface area contributed by atoms with Crippen LogP contribution in [0.4, 0.5) is 0 Å². The van der Waals surface area contributed by atoms with Crippen molar-refractivity contribution < 1.29 is 0 Å². The molecular formula is C15H27N3. The zero-order valence-corrected chi connectivity index (χ0v) is 11.9. The van der Waals surface area contributed by atoms with E-state index in [1.807, 2.05) is 0 Å². The van der Waals surface area contributed by atoms with Crippen LogP contribution in [0.25, 0.3) is 0 Å². The van der Waals surface area contributed by atoms with E-state index >= 15 is 0 Å². The van der Waals surface area contributed by atoms with E-state index in [9.17, 15) is 0 Å². The molecule has 1 aliphatic carbocycles. The molecule has 1 saturated heterocycles. The number of nitrogens with zero attached hydrogens (tertiary/aromatic N) is 3. The molecule has 0 bridgehead atoms. The molecule has 3 heteroatoms. The van der Waals surface area contributed by atoms with Gasteiger partial charge in [-0.2, -0.15) is 5.26 Å². The molecule has 0 N–H and O–H groups in total. The van der Waals surface area contributed by atoms with Crippen LogP contribution >= 0.6 is 0 Å². The third-order valence-electron chi connectivity index (χ3n) is 4.51. The first-order valence-electron chi connectivity index (χ1n) is 7.52. The summed E-state index contributed by atoms with van der Waals surface area (Å²) in [4.78, 5) is 5.09. The molecule has 0 radical (unpaired) electrons. The first kappa shape index (κ1) is 13.8. The van der Waals surface area contributed by atoms with Crippen LogP contribution in [0.3, 0.4) is 0 Å². The molecule has 0 aromatic rings. The van der Waals surface area contributed by atoms with Crippen molar-refractivity contribution in [3.8, 4) is 6.07 Å². The fourth-order valence-corrected chi connectivity index (χ4v) is 3.79. The van der Waals surface area contributed by atoms with Gasteiger partial charge in [-0.1, -0.05) is 26.2 Å². The van der Waals surface area contributed by atoms with Crippen molar-refractivity contribution in [2.45, 2.75) is 57.5 Å². The maximum Gasteiger partial charge on any atom is 0.0638 e. The van der Waals surface area contributed by atoms with Crippen LogP contribution < -0.4 is 0 Å². The molecule has 1 saturated carbocycles. The van der Waals surface area contributed by atoms with Gasteiger partial charge in [0.15, 0.2) is 0 Å². The fourth-order valence-electron chi connectivity index (χ4n) is 3.79. The van der Waals surface area contributed by atoms with Gasteiger partial charge in [-0.25, -0.2) is 0 Å². The number of likely N-dealkylation sites (N-methyl/N-ethyl adjacent to an activating group) is 1. The summed E-state index contributed by atoms with van der Waals surface area (Å²) in [5.41, 5.74) is 0. The first-order chi connectivity index (χ1) is 8.70. The molecule has 0 aromatic heterocycles. The molecule has 2 aliphatic rings. The summed E-state index contributed by atoms with van der Waals surface area (Å²) in [7, 11) is 2.20. The zero-order valence-electron chi connectivity index (χ0n) is 11.9. The molecule has 2 unspecified atom stereocenters. The van der Waals surface area contributed by atoms with E-state index < -0.39 is 0 Å². The van der Waals surface area contributed by atoms with Gasteiger partial charge in [0.1, 0.15) is 0 Å². The Hall–Kier alpha value is -0.590. The molecule has 102 valence electrons. The third kappa shape index (κ3) is 3.46. The van der Waals surface area contributed by atoms with Gasteiger partial charge >= 0.3 is 0 Å². The highest BCUT2D eigenvalue weighted by Crippen LogP contribution is 2.27. The second kappa shape index (κ2) is 6.54. The van der Waals surface area contributed by atoms with E-state index in [0.717, 1.165) is 18.5 Å². The molecule has 2 atom stereocenters. The van der Waals surface area contributed by atoms with Crippen LogP contribution in [0.1, 0.15) is 45.4 Å². The monoisotopic (exact) mass is 249 g/mol. The molecule has 1 heterocycles. The molecular weight excluding hydrogens is 222 g/mol. The Morgan fingerprint density at radius 2 is 1.83 bits per heavy atom. The SMILES string of the molecule is CC1CN(C)CC(CC#N)N(C2CCCCC2)C1. The lowest BCUT2D eigenvalue weighted by atomic mass is 9.92. The number of nitriles is 1. The van der Waals surface area contributed by atoms with Gasteiger partial charge < -0.3 is 4.90 Å². The average molecular weight is 249 g/mol. The summed E-state index contributed by atoms with van der Waals surface area (Å²) in [6.45, 7) is 5.77. The van der Waals surface area contributed by atoms with Gasteiger partial charge in [0.05, 0.1) is 12.5 Å². The molecule has 18 heavy (non-hydrogen) atoms. The van der Waals surface area contributed by atoms with E-state index in [0.29, 0.717) is 12.5 Å². The van der Waals surface area contributed by atoms with Crippen LogP contribution in [0.15, 0.2) is 0 Å². The van der Waals surface area contributed by atoms with Gasteiger partial charge in [-0.15, -0.1) is 0 Å². The maximum atomic E-state index is 9.08. The summed E-state index contributed by atoms with van der Waals surface area (Å²) < 4.78 is 0. The quantitative estimate of drug-likeness (QED) is 0.753. The highest BCUT2D eigenvalue weighted by atomic mass is 15.3. The van der Waals surface area contributed by atoms with Crippen LogP contribution in [-0.4, -0.2) is 48.6 Å². The van der Waals surface area contributed by atoms with E-state index in [4.69, 9.17) is 5.26 Å².